The van der Waals surface area contributed by atoms with E-state index in [4.69, 9.17) is 4.42 Å². The van der Waals surface area contributed by atoms with Crippen molar-refractivity contribution in [2.24, 2.45) is 0 Å². The third kappa shape index (κ3) is 3.86. The SMILES string of the molecule is C1=CC2C=C(c3ccccc3)NC(c3ccc4c(c3)C3(c5ccccc5-4)c4ccccc4-c4c3ccc3c5c(oc43)CCC=C5)N2C=C1.CC. The smallest absolute Gasteiger partial charge is 0.143 e. The second-order valence-corrected chi connectivity index (χ2v) is 13.5. The van der Waals surface area contributed by atoms with Gasteiger partial charge in [-0.2, -0.15) is 0 Å². The molecule has 1 aromatic heterocycles. The number of aryl methyl sites for hydroxylation is 1. The van der Waals surface area contributed by atoms with Gasteiger partial charge in [-0.25, -0.2) is 0 Å². The molecule has 11 rings (SSSR count). The number of benzene rings is 5. The van der Waals surface area contributed by atoms with E-state index in [1.807, 2.05) is 13.8 Å². The van der Waals surface area contributed by atoms with Gasteiger partial charge in [0, 0.05) is 34.8 Å². The van der Waals surface area contributed by atoms with Gasteiger partial charge in [0.15, 0.2) is 0 Å². The molecule has 3 aliphatic carbocycles. The van der Waals surface area contributed by atoms with Crippen LogP contribution < -0.4 is 5.32 Å². The van der Waals surface area contributed by atoms with Crippen LogP contribution in [-0.2, 0) is 11.8 Å². The zero-order valence-corrected chi connectivity index (χ0v) is 28.4. The van der Waals surface area contributed by atoms with Crippen molar-refractivity contribution in [3.8, 4) is 22.3 Å². The second-order valence-electron chi connectivity index (χ2n) is 13.5. The summed E-state index contributed by atoms with van der Waals surface area (Å²) >= 11 is 0. The molecule has 50 heavy (non-hydrogen) atoms. The first kappa shape index (κ1) is 29.1. The Morgan fingerprint density at radius 2 is 1.50 bits per heavy atom. The Balaban J connectivity index is 0.00000156. The number of allylic oxidation sites excluding steroid dienone is 3. The molecule has 3 unspecified atom stereocenters. The summed E-state index contributed by atoms with van der Waals surface area (Å²) in [6.07, 6.45) is 17.6. The van der Waals surface area contributed by atoms with Gasteiger partial charge in [0.25, 0.3) is 0 Å². The van der Waals surface area contributed by atoms with Crippen LogP contribution in [0.4, 0.5) is 0 Å². The van der Waals surface area contributed by atoms with Crippen LogP contribution in [0.25, 0.3) is 45.0 Å². The summed E-state index contributed by atoms with van der Waals surface area (Å²) in [6.45, 7) is 4.00. The highest BCUT2D eigenvalue weighted by Gasteiger charge is 2.53. The first-order valence-corrected chi connectivity index (χ1v) is 18.1. The van der Waals surface area contributed by atoms with Crippen molar-refractivity contribution in [2.75, 3.05) is 0 Å². The first-order valence-electron chi connectivity index (χ1n) is 18.1. The number of furan rings is 1. The zero-order valence-electron chi connectivity index (χ0n) is 28.4. The Morgan fingerprint density at radius 3 is 2.36 bits per heavy atom. The Hall–Kier alpha value is -5.80. The minimum Gasteiger partial charge on any atom is -0.460 e. The van der Waals surface area contributed by atoms with Crippen LogP contribution >= 0.6 is 0 Å². The van der Waals surface area contributed by atoms with Crippen LogP contribution in [-0.4, -0.2) is 10.9 Å². The lowest BCUT2D eigenvalue weighted by Gasteiger charge is -2.42. The van der Waals surface area contributed by atoms with Gasteiger partial charge in [0.1, 0.15) is 17.5 Å². The third-order valence-electron chi connectivity index (χ3n) is 11.2. The van der Waals surface area contributed by atoms with E-state index in [1.165, 1.54) is 66.6 Å². The van der Waals surface area contributed by atoms with Crippen LogP contribution in [0.2, 0.25) is 0 Å². The van der Waals surface area contributed by atoms with Crippen molar-refractivity contribution in [1.82, 2.24) is 10.2 Å². The third-order valence-corrected chi connectivity index (χ3v) is 11.2. The number of rotatable bonds is 2. The maximum absolute atomic E-state index is 6.81. The maximum Gasteiger partial charge on any atom is 0.143 e. The van der Waals surface area contributed by atoms with Crippen molar-refractivity contribution < 1.29 is 4.42 Å². The molecule has 2 aliphatic heterocycles. The normalized spacial score (nSPS) is 21.3. The zero-order chi connectivity index (χ0) is 33.4. The molecule has 3 heterocycles. The molecule has 1 N–H and O–H groups in total. The van der Waals surface area contributed by atoms with E-state index in [0.717, 1.165) is 29.9 Å². The topological polar surface area (TPSA) is 28.4 Å². The van der Waals surface area contributed by atoms with Gasteiger partial charge in [-0.05, 0) is 74.7 Å². The predicted octanol–water partition coefficient (Wildman–Crippen LogP) is 11.2. The average molecular weight is 647 g/mol. The summed E-state index contributed by atoms with van der Waals surface area (Å²) in [5.41, 5.74) is 15.9. The fraction of sp³-hybridized carbons (Fsp3) is 0.149. The fourth-order valence-corrected chi connectivity index (χ4v) is 9.23. The molecule has 3 atom stereocenters. The van der Waals surface area contributed by atoms with Gasteiger partial charge in [0.2, 0.25) is 0 Å². The van der Waals surface area contributed by atoms with Crippen LogP contribution in [0.1, 0.15) is 71.1 Å². The number of hydrogen-bond acceptors (Lipinski definition) is 3. The summed E-state index contributed by atoms with van der Waals surface area (Å²) in [5, 5.41) is 5.16. The van der Waals surface area contributed by atoms with Crippen LogP contribution in [0.3, 0.4) is 0 Å². The van der Waals surface area contributed by atoms with E-state index in [2.05, 4.69) is 162 Å². The Morgan fingerprint density at radius 1 is 0.740 bits per heavy atom. The minimum atomic E-state index is -0.449. The molecular formula is C47H38N2O. The number of nitrogens with one attached hydrogen (secondary N) is 1. The Bertz CT molecular complexity index is 2460. The number of fused-ring (bicyclic) bond motifs is 15. The standard InChI is InChI=1S/C45H32N2O.C2H6/c1-2-12-28(13-3-1)40-27-30-14-10-11-25-47(30)44(46-40)29-21-22-32-31-15-4-7-18-36(31)45(39(32)26-29)37-19-8-5-17-35(37)42-38(45)24-23-34-33-16-6-9-20-41(33)48-43(34)42;1-2/h1-8,10-19,21-27,30,44,46H,9,20H2;1-2H3. The first-order chi connectivity index (χ1) is 24.8. The molecule has 0 saturated heterocycles. The molecular weight excluding hydrogens is 609 g/mol. The molecule has 0 bridgehead atoms. The molecule has 242 valence electrons. The van der Waals surface area contributed by atoms with Gasteiger partial charge >= 0.3 is 0 Å². The monoisotopic (exact) mass is 646 g/mol. The van der Waals surface area contributed by atoms with Gasteiger partial charge in [-0.15, -0.1) is 0 Å². The lowest BCUT2D eigenvalue weighted by Crippen LogP contribution is -2.44. The molecule has 1 spiro atoms. The van der Waals surface area contributed by atoms with Gasteiger partial charge < -0.3 is 14.6 Å². The van der Waals surface area contributed by atoms with Crippen molar-refractivity contribution in [3.63, 3.8) is 0 Å². The van der Waals surface area contributed by atoms with Crippen LogP contribution in [0, 0.1) is 0 Å². The Kier molecular flexibility index (Phi) is 6.48. The molecule has 0 fully saturated rings. The van der Waals surface area contributed by atoms with Crippen LogP contribution in [0.5, 0.6) is 0 Å². The molecule has 6 aromatic rings. The Labute approximate surface area is 293 Å². The molecule has 5 aromatic carbocycles. The molecule has 0 saturated carbocycles. The quantitative estimate of drug-likeness (QED) is 0.203. The second kappa shape index (κ2) is 11.1. The van der Waals surface area contributed by atoms with Crippen molar-refractivity contribution in [3.05, 3.63) is 190 Å². The van der Waals surface area contributed by atoms with E-state index in [0.29, 0.717) is 0 Å². The average Bonchev–Trinajstić information content (AvgIpc) is 3.82. The molecule has 0 amide bonds. The minimum absolute atomic E-state index is 0.0374. The van der Waals surface area contributed by atoms with Gasteiger partial charge in [-0.3, -0.25) is 0 Å². The van der Waals surface area contributed by atoms with Gasteiger partial charge in [-0.1, -0.05) is 141 Å². The molecule has 3 heteroatoms. The van der Waals surface area contributed by atoms with Crippen LogP contribution in [0.15, 0.2) is 150 Å². The predicted molar refractivity (Wildman–Crippen MR) is 205 cm³/mol. The number of hydrogen-bond donors (Lipinski definition) is 1. The molecule has 3 nitrogen and oxygen atoms in total. The summed E-state index contributed by atoms with van der Waals surface area (Å²) < 4.78 is 6.81. The van der Waals surface area contributed by atoms with Crippen molar-refractivity contribution in [2.45, 2.75) is 44.3 Å². The lowest BCUT2D eigenvalue weighted by molar-refractivity contribution is 0.231. The number of nitrogens with zero attached hydrogens (tertiary/aromatic N) is 1. The van der Waals surface area contributed by atoms with Crippen molar-refractivity contribution >= 4 is 22.7 Å². The van der Waals surface area contributed by atoms with E-state index in [-0.39, 0.29) is 12.2 Å². The fourth-order valence-electron chi connectivity index (χ4n) is 9.23. The summed E-state index contributed by atoms with van der Waals surface area (Å²) in [7, 11) is 0. The van der Waals surface area contributed by atoms with Crippen molar-refractivity contribution in [1.29, 1.82) is 0 Å². The summed E-state index contributed by atoms with van der Waals surface area (Å²) in [5.74, 6) is 1.11. The maximum atomic E-state index is 6.81. The lowest BCUT2D eigenvalue weighted by atomic mass is 9.70. The summed E-state index contributed by atoms with van der Waals surface area (Å²) in [4.78, 5) is 2.43. The van der Waals surface area contributed by atoms with E-state index in [9.17, 15) is 0 Å². The highest BCUT2D eigenvalue weighted by atomic mass is 16.3. The van der Waals surface area contributed by atoms with Gasteiger partial charge in [0.05, 0.1) is 11.5 Å². The van der Waals surface area contributed by atoms with E-state index in [1.54, 1.807) is 0 Å². The van der Waals surface area contributed by atoms with E-state index >= 15 is 0 Å². The molecule has 0 radical (unpaired) electrons. The highest BCUT2D eigenvalue weighted by molar-refractivity contribution is 6.06. The largest absolute Gasteiger partial charge is 0.460 e. The molecule has 5 aliphatic rings. The highest BCUT2D eigenvalue weighted by Crippen LogP contribution is 2.64. The van der Waals surface area contributed by atoms with E-state index < -0.39 is 5.41 Å². The summed E-state index contributed by atoms with van der Waals surface area (Å²) in [6, 6.07) is 40.9.